The van der Waals surface area contributed by atoms with Gasteiger partial charge in [-0.25, -0.2) is 0 Å². The summed E-state index contributed by atoms with van der Waals surface area (Å²) in [6, 6.07) is 3.88. The van der Waals surface area contributed by atoms with E-state index in [1.807, 2.05) is 19.2 Å². The van der Waals surface area contributed by atoms with Gasteiger partial charge in [-0.1, -0.05) is 0 Å². The number of benzene rings is 1. The molecule has 102 valence electrons. The zero-order chi connectivity index (χ0) is 14.6. The third-order valence-corrected chi connectivity index (χ3v) is 4.33. The van der Waals surface area contributed by atoms with Gasteiger partial charge in [0.15, 0.2) is 11.5 Å². The molecule has 1 N–H and O–H groups in total. The van der Waals surface area contributed by atoms with Gasteiger partial charge in [0.2, 0.25) is 6.79 Å². The summed E-state index contributed by atoms with van der Waals surface area (Å²) in [6.07, 6.45) is 0.756. The second-order valence-corrected chi connectivity index (χ2v) is 5.53. The van der Waals surface area contributed by atoms with E-state index in [2.05, 4.69) is 10.2 Å². The first-order valence-electron chi connectivity index (χ1n) is 7.95. The lowest BCUT2D eigenvalue weighted by molar-refractivity contribution is 0.174. The second-order valence-electron chi connectivity index (χ2n) is 5.53. The summed E-state index contributed by atoms with van der Waals surface area (Å²) in [5, 5.41) is 3.33. The van der Waals surface area contributed by atoms with Crippen LogP contribution in [0.3, 0.4) is 0 Å². The fourth-order valence-electron chi connectivity index (χ4n) is 3.22. The van der Waals surface area contributed by atoms with Gasteiger partial charge >= 0.3 is 0 Å². The molecular weight excluding hydrogens is 240 g/mol. The van der Waals surface area contributed by atoms with Crippen molar-refractivity contribution in [2.45, 2.75) is 31.2 Å². The molecule has 3 aliphatic heterocycles. The highest BCUT2D eigenvalue weighted by atomic mass is 16.7. The minimum atomic E-state index is -1.25. The van der Waals surface area contributed by atoms with E-state index in [1.54, 1.807) is 0 Å². The molecular formula is C15H20N2O2. The highest BCUT2D eigenvalue weighted by Crippen LogP contribution is 2.44. The smallest absolute Gasteiger partial charge is 0.231 e. The molecule has 1 aromatic carbocycles. The zero-order valence-corrected chi connectivity index (χ0v) is 11.1. The summed E-state index contributed by atoms with van der Waals surface area (Å²) in [6.45, 7) is 1.87. The van der Waals surface area contributed by atoms with Crippen LogP contribution in [0.4, 0.5) is 5.69 Å². The quantitative estimate of drug-likeness (QED) is 0.887. The van der Waals surface area contributed by atoms with Crippen molar-refractivity contribution in [3.05, 3.63) is 17.7 Å². The first-order valence-corrected chi connectivity index (χ1v) is 6.95. The molecule has 0 spiro atoms. The standard InChI is InChI=1S/C15H20N2O2/c1-17-4-2-3-11(17)5-10-8-16-13-7-15-14(6-12(10)13)18-9-19-15/h6-7,10-11,16H,2-5,8-9H2,1H3/t10?,11-/m1/s1/i5D2. The van der Waals surface area contributed by atoms with Gasteiger partial charge in [0.05, 0.1) is 0 Å². The van der Waals surface area contributed by atoms with Crippen LogP contribution in [0.1, 0.15) is 33.4 Å². The number of hydrogen-bond donors (Lipinski definition) is 1. The number of nitrogens with zero attached hydrogens (tertiary/aromatic N) is 1. The molecule has 0 saturated carbocycles. The summed E-state index contributed by atoms with van der Waals surface area (Å²) in [5.74, 6) is 1.34. The van der Waals surface area contributed by atoms with E-state index in [0.29, 0.717) is 6.54 Å². The third kappa shape index (κ3) is 1.86. The van der Waals surface area contributed by atoms with Crippen LogP contribution in [0, 0.1) is 0 Å². The van der Waals surface area contributed by atoms with Crippen LogP contribution >= 0.6 is 0 Å². The lowest BCUT2D eigenvalue weighted by Crippen LogP contribution is -2.27. The van der Waals surface area contributed by atoms with Crippen molar-refractivity contribution >= 4 is 5.69 Å². The molecule has 2 atom stereocenters. The van der Waals surface area contributed by atoms with E-state index < -0.39 is 6.37 Å². The average Bonchev–Trinajstić information content (AvgIpc) is 3.13. The molecule has 4 rings (SSSR count). The number of fused-ring (bicyclic) bond motifs is 2. The van der Waals surface area contributed by atoms with Crippen molar-refractivity contribution in [3.8, 4) is 11.5 Å². The molecule has 0 aromatic heterocycles. The lowest BCUT2D eigenvalue weighted by Gasteiger charge is -2.22. The molecule has 19 heavy (non-hydrogen) atoms. The first kappa shape index (κ1) is 9.48. The van der Waals surface area contributed by atoms with E-state index >= 15 is 0 Å². The molecule has 1 saturated heterocycles. The van der Waals surface area contributed by atoms with Gasteiger partial charge in [0, 0.05) is 33.0 Å². The summed E-state index contributed by atoms with van der Waals surface area (Å²) < 4.78 is 28.2. The Balaban J connectivity index is 1.69. The first-order chi connectivity index (χ1) is 10.1. The summed E-state index contributed by atoms with van der Waals surface area (Å²) in [7, 11) is 2.03. The van der Waals surface area contributed by atoms with E-state index in [1.165, 1.54) is 0 Å². The van der Waals surface area contributed by atoms with Gasteiger partial charge in [-0.05, 0) is 44.4 Å². The Bertz CT molecular complexity index is 579. The molecule has 0 aliphatic carbocycles. The number of hydrogen-bond acceptors (Lipinski definition) is 4. The Morgan fingerprint density at radius 2 is 2.26 bits per heavy atom. The topological polar surface area (TPSA) is 33.7 Å². The fourth-order valence-corrected chi connectivity index (χ4v) is 3.22. The molecule has 4 heteroatoms. The molecule has 1 aromatic rings. The van der Waals surface area contributed by atoms with Crippen LogP contribution in [0.5, 0.6) is 11.5 Å². The van der Waals surface area contributed by atoms with Crippen molar-refractivity contribution in [1.29, 1.82) is 0 Å². The highest BCUT2D eigenvalue weighted by Gasteiger charge is 2.31. The summed E-state index contributed by atoms with van der Waals surface area (Å²) in [5.41, 5.74) is 2.00. The molecule has 0 bridgehead atoms. The van der Waals surface area contributed by atoms with E-state index in [0.717, 1.165) is 42.1 Å². The average molecular weight is 262 g/mol. The van der Waals surface area contributed by atoms with Crippen LogP contribution < -0.4 is 14.8 Å². The van der Waals surface area contributed by atoms with E-state index in [-0.39, 0.29) is 18.8 Å². The zero-order valence-electron chi connectivity index (χ0n) is 13.1. The van der Waals surface area contributed by atoms with Crippen LogP contribution in [0.2, 0.25) is 0 Å². The summed E-state index contributed by atoms with van der Waals surface area (Å²) in [4.78, 5) is 2.16. The molecule has 4 nitrogen and oxygen atoms in total. The number of nitrogens with one attached hydrogen (secondary N) is 1. The van der Waals surface area contributed by atoms with Crippen LogP contribution in [0.15, 0.2) is 12.1 Å². The van der Waals surface area contributed by atoms with Gasteiger partial charge in [-0.15, -0.1) is 0 Å². The van der Waals surface area contributed by atoms with Crippen LogP contribution in [-0.4, -0.2) is 37.9 Å². The maximum Gasteiger partial charge on any atom is 0.231 e. The number of anilines is 1. The normalized spacial score (nSPS) is 30.8. The van der Waals surface area contributed by atoms with Gasteiger partial charge in [-0.2, -0.15) is 0 Å². The maximum absolute atomic E-state index is 8.69. The number of rotatable bonds is 2. The molecule has 3 aliphatic rings. The largest absolute Gasteiger partial charge is 0.454 e. The Morgan fingerprint density at radius 3 is 3.05 bits per heavy atom. The van der Waals surface area contributed by atoms with Crippen molar-refractivity contribution in [3.63, 3.8) is 0 Å². The van der Waals surface area contributed by atoms with Gasteiger partial charge in [0.1, 0.15) is 0 Å². The SMILES string of the molecule is [2H]C([2H])(C1CNc2cc3c(cc21)OCO3)[C@H]1CCCN1C. The lowest BCUT2D eigenvalue weighted by atomic mass is 9.92. The van der Waals surface area contributed by atoms with Gasteiger partial charge < -0.3 is 19.7 Å². The molecule has 1 unspecified atom stereocenters. The van der Waals surface area contributed by atoms with E-state index in [9.17, 15) is 0 Å². The van der Waals surface area contributed by atoms with Crippen molar-refractivity contribution in [1.82, 2.24) is 4.90 Å². The molecule has 3 heterocycles. The van der Waals surface area contributed by atoms with Crippen molar-refractivity contribution in [2.24, 2.45) is 0 Å². The van der Waals surface area contributed by atoms with Crippen LogP contribution in [0.25, 0.3) is 0 Å². The predicted octanol–water partition coefficient (Wildman–Crippen LogP) is 2.41. The van der Waals surface area contributed by atoms with Gasteiger partial charge in [0.25, 0.3) is 0 Å². The third-order valence-electron chi connectivity index (χ3n) is 4.33. The Kier molecular flexibility index (Phi) is 2.15. The fraction of sp³-hybridized carbons (Fsp3) is 0.600. The minimum Gasteiger partial charge on any atom is -0.454 e. The molecule has 0 radical (unpaired) electrons. The van der Waals surface area contributed by atoms with Crippen LogP contribution in [-0.2, 0) is 0 Å². The minimum absolute atomic E-state index is 0.0133. The predicted molar refractivity (Wildman–Crippen MR) is 74.1 cm³/mol. The molecule has 1 fully saturated rings. The Hall–Kier alpha value is -1.42. The monoisotopic (exact) mass is 262 g/mol. The maximum atomic E-state index is 8.69. The summed E-state index contributed by atoms with van der Waals surface area (Å²) >= 11 is 0. The number of likely N-dealkylation sites (tertiary alicyclic amines) is 1. The van der Waals surface area contributed by atoms with E-state index in [4.69, 9.17) is 12.2 Å². The number of ether oxygens (including phenoxy) is 2. The van der Waals surface area contributed by atoms with Gasteiger partial charge in [-0.3, -0.25) is 0 Å². The highest BCUT2D eigenvalue weighted by molar-refractivity contribution is 5.65. The Morgan fingerprint density at radius 1 is 1.42 bits per heavy atom. The van der Waals surface area contributed by atoms with Crippen molar-refractivity contribution in [2.75, 3.05) is 32.2 Å². The van der Waals surface area contributed by atoms with Crippen molar-refractivity contribution < 1.29 is 12.2 Å². The Labute approximate surface area is 116 Å². The second kappa shape index (κ2) is 4.30. The molecule has 0 amide bonds.